The smallest absolute Gasteiger partial charge is 0.350 e. The normalized spacial score (nSPS) is 14.1. The van der Waals surface area contributed by atoms with Crippen LogP contribution in [0.25, 0.3) is 0 Å². The maximum atomic E-state index is 13.9. The molecule has 0 aliphatic carbocycles. The Morgan fingerprint density at radius 3 is 1.75 bits per heavy atom. The molecule has 3 rings (SSSR count). The van der Waals surface area contributed by atoms with E-state index in [1.165, 1.54) is 25.7 Å². The summed E-state index contributed by atoms with van der Waals surface area (Å²) in [6.07, 6.45) is 19.3. The number of hydrogen-bond donors (Lipinski definition) is 0. The third kappa shape index (κ3) is 15.5. The monoisotopic (exact) mass is 717 g/mol. The minimum absolute atomic E-state index is 0.0114. The highest BCUT2D eigenvalue weighted by Crippen LogP contribution is 2.35. The van der Waals surface area contributed by atoms with E-state index in [2.05, 4.69) is 6.92 Å². The number of hydrogen-bond acceptors (Lipinski definition) is 8. The standard InChI is InChI=1S/C43H59NO8/c1-2-3-4-5-6-8-11-14-23-32-43(41(48)51-35-37-27-20-17-21-28-37,42(49)52-44-38(45)30-31-39(44)46)33-24-15-12-9-7-10-13-22-29-40(47)50-34-36-25-18-16-19-26-36/h15-21,24-28H,2-14,22-23,29-35H2,1H3/b24-15+/t43-/m0/s1. The Labute approximate surface area is 310 Å². The maximum Gasteiger partial charge on any atom is 0.350 e. The summed E-state index contributed by atoms with van der Waals surface area (Å²) in [5.74, 6) is -3.01. The zero-order chi connectivity index (χ0) is 37.3. The third-order valence-corrected chi connectivity index (χ3v) is 9.51. The first-order chi connectivity index (χ1) is 25.4. The van der Waals surface area contributed by atoms with Crippen LogP contribution in [0.5, 0.6) is 0 Å². The Kier molecular flexibility index (Phi) is 20.1. The molecule has 2 aromatic rings. The number of unbranched alkanes of at least 4 members (excludes halogenated alkanes) is 13. The van der Waals surface area contributed by atoms with Gasteiger partial charge in [0.15, 0.2) is 5.41 Å². The number of amides is 2. The Bertz CT molecular complexity index is 1380. The van der Waals surface area contributed by atoms with E-state index in [4.69, 9.17) is 14.3 Å². The molecule has 9 heteroatoms. The van der Waals surface area contributed by atoms with Crippen molar-refractivity contribution in [2.24, 2.45) is 5.41 Å². The fourth-order valence-electron chi connectivity index (χ4n) is 6.26. The molecule has 0 bridgehead atoms. The molecule has 1 saturated heterocycles. The van der Waals surface area contributed by atoms with Gasteiger partial charge in [0, 0.05) is 19.3 Å². The summed E-state index contributed by atoms with van der Waals surface area (Å²) in [5, 5.41) is 0.518. The molecule has 2 amide bonds. The highest BCUT2D eigenvalue weighted by atomic mass is 16.7. The van der Waals surface area contributed by atoms with Gasteiger partial charge in [-0.05, 0) is 43.2 Å². The van der Waals surface area contributed by atoms with E-state index in [0.29, 0.717) is 24.5 Å². The van der Waals surface area contributed by atoms with E-state index in [9.17, 15) is 24.0 Å². The van der Waals surface area contributed by atoms with Gasteiger partial charge in [0.05, 0.1) is 0 Å². The molecular weight excluding hydrogens is 658 g/mol. The van der Waals surface area contributed by atoms with Crippen LogP contribution in [0.4, 0.5) is 0 Å². The van der Waals surface area contributed by atoms with Crippen LogP contribution in [-0.2, 0) is 51.5 Å². The van der Waals surface area contributed by atoms with Gasteiger partial charge >= 0.3 is 17.9 Å². The Morgan fingerprint density at radius 1 is 0.635 bits per heavy atom. The molecule has 1 heterocycles. The lowest BCUT2D eigenvalue weighted by Gasteiger charge is -2.29. The molecule has 1 fully saturated rings. The number of carbonyl (C=O) groups is 5. The molecule has 1 aliphatic rings. The van der Waals surface area contributed by atoms with Crippen LogP contribution in [0.2, 0.25) is 0 Å². The molecule has 0 N–H and O–H groups in total. The SMILES string of the molecule is CCCCCCCCCCC[C@](C/C=C/CCCCCCCC(=O)OCc1ccccc1)(C(=O)OCc1ccccc1)C(=O)ON1C(=O)CCC1=O. The Hall–Kier alpha value is -4.27. The number of benzene rings is 2. The van der Waals surface area contributed by atoms with Gasteiger partial charge in [-0.3, -0.25) is 19.2 Å². The van der Waals surface area contributed by atoms with E-state index in [1.807, 2.05) is 72.8 Å². The molecule has 1 aliphatic heterocycles. The third-order valence-electron chi connectivity index (χ3n) is 9.51. The first kappa shape index (κ1) is 42.1. The average Bonchev–Trinajstić information content (AvgIpc) is 3.48. The number of ether oxygens (including phenoxy) is 2. The highest BCUT2D eigenvalue weighted by Gasteiger charge is 2.50. The van der Waals surface area contributed by atoms with Gasteiger partial charge in [0.1, 0.15) is 13.2 Å². The van der Waals surface area contributed by atoms with E-state index in [0.717, 1.165) is 75.3 Å². The zero-order valence-corrected chi connectivity index (χ0v) is 31.2. The van der Waals surface area contributed by atoms with Crippen LogP contribution in [0.3, 0.4) is 0 Å². The lowest BCUT2D eigenvalue weighted by atomic mass is 9.79. The number of rotatable bonds is 27. The number of hydroxylamine groups is 2. The zero-order valence-electron chi connectivity index (χ0n) is 31.2. The van der Waals surface area contributed by atoms with E-state index >= 15 is 0 Å². The fraction of sp³-hybridized carbons (Fsp3) is 0.558. The summed E-state index contributed by atoms with van der Waals surface area (Å²) in [4.78, 5) is 70.1. The second kappa shape index (κ2) is 24.8. The quantitative estimate of drug-likeness (QED) is 0.0295. The number of esters is 2. The molecule has 0 aromatic heterocycles. The summed E-state index contributed by atoms with van der Waals surface area (Å²) < 4.78 is 11.1. The van der Waals surface area contributed by atoms with Gasteiger partial charge in [0.2, 0.25) is 0 Å². The van der Waals surface area contributed by atoms with E-state index in [-0.39, 0.29) is 38.3 Å². The van der Waals surface area contributed by atoms with Crippen LogP contribution in [-0.4, -0.2) is 34.8 Å². The lowest BCUT2D eigenvalue weighted by molar-refractivity contribution is -0.209. The highest BCUT2D eigenvalue weighted by molar-refractivity contribution is 6.04. The largest absolute Gasteiger partial charge is 0.461 e. The van der Waals surface area contributed by atoms with Gasteiger partial charge in [-0.1, -0.05) is 157 Å². The molecule has 0 saturated carbocycles. The first-order valence-electron chi connectivity index (χ1n) is 19.5. The van der Waals surface area contributed by atoms with Crippen molar-refractivity contribution in [1.82, 2.24) is 5.06 Å². The van der Waals surface area contributed by atoms with Gasteiger partial charge in [0.25, 0.3) is 11.8 Å². The summed E-state index contributed by atoms with van der Waals surface area (Å²) in [7, 11) is 0. The number of allylic oxidation sites excluding steroid dienone is 2. The fourth-order valence-corrected chi connectivity index (χ4v) is 6.26. The minimum Gasteiger partial charge on any atom is -0.461 e. The summed E-state index contributed by atoms with van der Waals surface area (Å²) in [5.41, 5.74) is 0.0538. The second-order valence-corrected chi connectivity index (χ2v) is 13.8. The molecule has 0 radical (unpaired) electrons. The molecule has 284 valence electrons. The Morgan fingerprint density at radius 2 is 1.15 bits per heavy atom. The topological polar surface area (TPSA) is 116 Å². The average molecular weight is 718 g/mol. The van der Waals surface area contributed by atoms with Crippen molar-refractivity contribution in [3.63, 3.8) is 0 Å². The van der Waals surface area contributed by atoms with Crippen LogP contribution < -0.4 is 0 Å². The van der Waals surface area contributed by atoms with Crippen molar-refractivity contribution < 1.29 is 38.3 Å². The van der Waals surface area contributed by atoms with E-state index in [1.54, 1.807) is 0 Å². The maximum absolute atomic E-state index is 13.9. The minimum atomic E-state index is -1.70. The number of nitrogens with zero attached hydrogens (tertiary/aromatic N) is 1. The van der Waals surface area contributed by atoms with Crippen molar-refractivity contribution in [2.75, 3.05) is 0 Å². The first-order valence-corrected chi connectivity index (χ1v) is 19.5. The van der Waals surface area contributed by atoms with Crippen molar-refractivity contribution in [1.29, 1.82) is 0 Å². The van der Waals surface area contributed by atoms with Gasteiger partial charge in [-0.2, -0.15) is 0 Å². The van der Waals surface area contributed by atoms with E-state index < -0.39 is 29.2 Å². The van der Waals surface area contributed by atoms with Crippen molar-refractivity contribution in [2.45, 2.75) is 149 Å². The van der Waals surface area contributed by atoms with Crippen LogP contribution in [0.1, 0.15) is 146 Å². The molecule has 1 atom stereocenters. The van der Waals surface area contributed by atoms with Gasteiger partial charge < -0.3 is 14.3 Å². The summed E-state index contributed by atoms with van der Waals surface area (Å²) in [6.45, 7) is 2.48. The predicted molar refractivity (Wildman–Crippen MR) is 200 cm³/mol. The lowest BCUT2D eigenvalue weighted by Crippen LogP contribution is -2.45. The molecular formula is C43H59NO8. The van der Waals surface area contributed by atoms with Crippen molar-refractivity contribution in [3.05, 3.63) is 83.9 Å². The molecule has 9 nitrogen and oxygen atoms in total. The van der Waals surface area contributed by atoms with Crippen molar-refractivity contribution >= 4 is 29.7 Å². The van der Waals surface area contributed by atoms with Crippen LogP contribution in [0, 0.1) is 5.41 Å². The number of imide groups is 1. The Balaban J connectivity index is 1.55. The summed E-state index contributed by atoms with van der Waals surface area (Å²) >= 11 is 0. The second-order valence-electron chi connectivity index (χ2n) is 13.8. The van der Waals surface area contributed by atoms with Gasteiger partial charge in [-0.25, -0.2) is 4.79 Å². The van der Waals surface area contributed by atoms with Crippen molar-refractivity contribution in [3.8, 4) is 0 Å². The predicted octanol–water partition coefficient (Wildman–Crippen LogP) is 9.66. The molecule has 0 spiro atoms. The van der Waals surface area contributed by atoms with Crippen LogP contribution >= 0.6 is 0 Å². The number of carbonyl (C=O) groups excluding carboxylic acids is 5. The van der Waals surface area contributed by atoms with Crippen LogP contribution in [0.15, 0.2) is 72.8 Å². The summed E-state index contributed by atoms with van der Waals surface area (Å²) in [6, 6.07) is 18.9. The van der Waals surface area contributed by atoms with Gasteiger partial charge in [-0.15, -0.1) is 5.06 Å². The molecule has 0 unspecified atom stereocenters. The molecule has 2 aromatic carbocycles. The molecule has 52 heavy (non-hydrogen) atoms.